The number of nitrogens with two attached hydrogens (primary N) is 1. The lowest BCUT2D eigenvalue weighted by molar-refractivity contribution is -0.193. The molecule has 1 aliphatic rings. The second-order valence-corrected chi connectivity index (χ2v) is 8.44. The van der Waals surface area contributed by atoms with Crippen LogP contribution in [0.3, 0.4) is 0 Å². The van der Waals surface area contributed by atoms with Crippen molar-refractivity contribution in [3.05, 3.63) is 41.1 Å². The number of aromatic nitrogens is 2. The smallest absolute Gasteiger partial charge is 0.471 e. The number of rotatable bonds is 2. The standard InChI is InChI=1S/C20H23F3N4O3/c1-10-13-8-12(27-16(24)9-15(25-27)19(2,3)4)6-5-11(13)7-14(17(28)29)26(10)18(30)20(21,22)23/h5-6,8-10,14H,7,24H2,1-4H3,(H,28,29)/t10?,14-/m0/s1. The lowest BCUT2D eigenvalue weighted by Gasteiger charge is -2.40. The average Bonchev–Trinajstić information content (AvgIpc) is 3.02. The van der Waals surface area contributed by atoms with Crippen LogP contribution in [-0.2, 0) is 21.4 Å². The minimum Gasteiger partial charge on any atom is -0.480 e. The van der Waals surface area contributed by atoms with E-state index >= 15 is 0 Å². The number of benzene rings is 1. The third-order valence-electron chi connectivity index (χ3n) is 5.26. The molecule has 1 aromatic carbocycles. The van der Waals surface area contributed by atoms with Crippen LogP contribution >= 0.6 is 0 Å². The second kappa shape index (κ2) is 7.03. The predicted octanol–water partition coefficient (Wildman–Crippen LogP) is 3.21. The van der Waals surface area contributed by atoms with E-state index in [0.717, 1.165) is 5.69 Å². The number of halogens is 3. The predicted molar refractivity (Wildman–Crippen MR) is 103 cm³/mol. The van der Waals surface area contributed by atoms with Crippen molar-refractivity contribution in [3.8, 4) is 5.69 Å². The zero-order valence-electron chi connectivity index (χ0n) is 17.0. The number of hydrogen-bond acceptors (Lipinski definition) is 4. The SMILES string of the molecule is CC1c2cc(-n3nc(C(C)(C)C)cc3N)ccc2C[C@@H](C(=O)O)N1C(=O)C(F)(F)F. The number of amides is 1. The summed E-state index contributed by atoms with van der Waals surface area (Å²) in [5.41, 5.74) is 8.07. The zero-order chi connectivity index (χ0) is 22.6. The van der Waals surface area contributed by atoms with Gasteiger partial charge in [-0.15, -0.1) is 0 Å². The van der Waals surface area contributed by atoms with Crippen LogP contribution in [-0.4, -0.2) is 43.9 Å². The molecular formula is C20H23F3N4O3. The maximum absolute atomic E-state index is 13.1. The Hall–Kier alpha value is -3.04. The van der Waals surface area contributed by atoms with Gasteiger partial charge < -0.3 is 15.7 Å². The summed E-state index contributed by atoms with van der Waals surface area (Å²) < 4.78 is 40.8. The summed E-state index contributed by atoms with van der Waals surface area (Å²) in [7, 11) is 0. The third-order valence-corrected chi connectivity index (χ3v) is 5.26. The van der Waals surface area contributed by atoms with Crippen LogP contribution in [0, 0.1) is 0 Å². The summed E-state index contributed by atoms with van der Waals surface area (Å²) in [6.07, 6.45) is -5.40. The van der Waals surface area contributed by atoms with E-state index in [1.165, 1.54) is 11.6 Å². The molecule has 0 bridgehead atoms. The van der Waals surface area contributed by atoms with E-state index in [1.807, 2.05) is 20.8 Å². The molecule has 1 amide bonds. The van der Waals surface area contributed by atoms with Gasteiger partial charge in [-0.3, -0.25) is 4.79 Å². The van der Waals surface area contributed by atoms with Crippen LogP contribution in [0.1, 0.15) is 50.6 Å². The first-order chi connectivity index (χ1) is 13.7. The molecule has 10 heteroatoms. The van der Waals surface area contributed by atoms with Gasteiger partial charge in [0.05, 0.1) is 17.4 Å². The van der Waals surface area contributed by atoms with Gasteiger partial charge >= 0.3 is 18.1 Å². The number of anilines is 1. The zero-order valence-corrected chi connectivity index (χ0v) is 17.0. The van der Waals surface area contributed by atoms with Crippen molar-refractivity contribution in [2.24, 2.45) is 0 Å². The van der Waals surface area contributed by atoms with Gasteiger partial charge in [-0.05, 0) is 30.2 Å². The molecule has 0 saturated heterocycles. The molecule has 0 aliphatic carbocycles. The van der Waals surface area contributed by atoms with E-state index in [4.69, 9.17) is 5.73 Å². The number of nitrogen functional groups attached to an aromatic ring is 1. The van der Waals surface area contributed by atoms with Crippen LogP contribution in [0.15, 0.2) is 24.3 Å². The number of alkyl halides is 3. The Bertz CT molecular complexity index is 1010. The summed E-state index contributed by atoms with van der Waals surface area (Å²) in [5.74, 6) is -3.30. The molecule has 3 N–H and O–H groups in total. The monoisotopic (exact) mass is 424 g/mol. The number of carbonyl (C=O) groups is 2. The Morgan fingerprint density at radius 2 is 1.83 bits per heavy atom. The van der Waals surface area contributed by atoms with Crippen molar-refractivity contribution < 1.29 is 27.9 Å². The molecule has 0 fully saturated rings. The Balaban J connectivity index is 2.08. The van der Waals surface area contributed by atoms with Gasteiger partial charge in [-0.1, -0.05) is 26.8 Å². The van der Waals surface area contributed by atoms with Crippen molar-refractivity contribution >= 4 is 17.7 Å². The Labute approximate surface area is 171 Å². The molecule has 2 heterocycles. The Morgan fingerprint density at radius 3 is 2.33 bits per heavy atom. The molecule has 1 aliphatic heterocycles. The topological polar surface area (TPSA) is 101 Å². The highest BCUT2D eigenvalue weighted by Gasteiger charge is 2.50. The number of fused-ring (bicyclic) bond motifs is 1. The highest BCUT2D eigenvalue weighted by molar-refractivity contribution is 5.88. The average molecular weight is 424 g/mol. The molecule has 30 heavy (non-hydrogen) atoms. The van der Waals surface area contributed by atoms with E-state index < -0.39 is 30.1 Å². The minimum atomic E-state index is -5.18. The lowest BCUT2D eigenvalue weighted by atomic mass is 9.88. The van der Waals surface area contributed by atoms with Gasteiger partial charge in [-0.2, -0.15) is 18.3 Å². The number of carboxylic acid groups (broad SMARTS) is 1. The normalized spacial score (nSPS) is 19.5. The van der Waals surface area contributed by atoms with Gasteiger partial charge in [0.25, 0.3) is 0 Å². The molecule has 162 valence electrons. The maximum atomic E-state index is 13.1. The number of hydrogen-bond donors (Lipinski definition) is 2. The second-order valence-electron chi connectivity index (χ2n) is 8.44. The van der Waals surface area contributed by atoms with Crippen molar-refractivity contribution in [2.75, 3.05) is 5.73 Å². The van der Waals surface area contributed by atoms with Crippen LogP contribution < -0.4 is 5.73 Å². The number of nitrogens with zero attached hydrogens (tertiary/aromatic N) is 3. The van der Waals surface area contributed by atoms with Gasteiger partial charge in [0.1, 0.15) is 11.9 Å². The Morgan fingerprint density at radius 1 is 1.20 bits per heavy atom. The first-order valence-electron chi connectivity index (χ1n) is 9.33. The van der Waals surface area contributed by atoms with Crippen LogP contribution in [0.25, 0.3) is 5.69 Å². The molecule has 1 aromatic heterocycles. The van der Waals surface area contributed by atoms with E-state index in [2.05, 4.69) is 5.10 Å². The van der Waals surface area contributed by atoms with Crippen molar-refractivity contribution in [2.45, 2.75) is 57.8 Å². The highest BCUT2D eigenvalue weighted by atomic mass is 19.4. The minimum absolute atomic E-state index is 0.223. The van der Waals surface area contributed by atoms with E-state index in [1.54, 1.807) is 24.3 Å². The van der Waals surface area contributed by atoms with Crippen molar-refractivity contribution in [1.29, 1.82) is 0 Å². The van der Waals surface area contributed by atoms with Crippen LogP contribution in [0.2, 0.25) is 0 Å². The molecule has 2 aromatic rings. The van der Waals surface area contributed by atoms with Crippen LogP contribution in [0.5, 0.6) is 0 Å². The molecule has 2 atom stereocenters. The fraction of sp³-hybridized carbons (Fsp3) is 0.450. The lowest BCUT2D eigenvalue weighted by Crippen LogP contribution is -2.54. The maximum Gasteiger partial charge on any atom is 0.471 e. The summed E-state index contributed by atoms with van der Waals surface area (Å²) in [5, 5.41) is 13.9. The first-order valence-corrected chi connectivity index (χ1v) is 9.33. The molecule has 0 radical (unpaired) electrons. The summed E-state index contributed by atoms with van der Waals surface area (Å²) in [4.78, 5) is 24.0. The van der Waals surface area contributed by atoms with E-state index in [0.29, 0.717) is 27.5 Å². The largest absolute Gasteiger partial charge is 0.480 e. The molecule has 3 rings (SSSR count). The summed E-state index contributed by atoms with van der Waals surface area (Å²) >= 11 is 0. The number of carboxylic acids is 1. The molecule has 1 unspecified atom stereocenters. The van der Waals surface area contributed by atoms with Crippen molar-refractivity contribution in [3.63, 3.8) is 0 Å². The third kappa shape index (κ3) is 3.73. The molecule has 0 saturated carbocycles. The number of carbonyl (C=O) groups excluding carboxylic acids is 1. The molecule has 0 spiro atoms. The van der Waals surface area contributed by atoms with Crippen molar-refractivity contribution in [1.82, 2.24) is 14.7 Å². The van der Waals surface area contributed by atoms with Gasteiger partial charge in [0, 0.05) is 17.9 Å². The first kappa shape index (κ1) is 21.7. The highest BCUT2D eigenvalue weighted by Crippen LogP contribution is 2.37. The van der Waals surface area contributed by atoms with Crippen LogP contribution in [0.4, 0.5) is 19.0 Å². The quantitative estimate of drug-likeness (QED) is 0.771. The summed E-state index contributed by atoms with van der Waals surface area (Å²) in [6, 6.07) is 3.96. The van der Waals surface area contributed by atoms with E-state index in [-0.39, 0.29) is 11.8 Å². The van der Waals surface area contributed by atoms with Gasteiger partial charge in [0.2, 0.25) is 0 Å². The fourth-order valence-electron chi connectivity index (χ4n) is 3.65. The Kier molecular flexibility index (Phi) is 5.08. The fourth-order valence-corrected chi connectivity index (χ4v) is 3.65. The summed E-state index contributed by atoms with van der Waals surface area (Å²) in [6.45, 7) is 7.30. The van der Waals surface area contributed by atoms with Gasteiger partial charge in [0.15, 0.2) is 0 Å². The van der Waals surface area contributed by atoms with E-state index in [9.17, 15) is 27.9 Å². The molecule has 7 nitrogen and oxygen atoms in total. The van der Waals surface area contributed by atoms with Gasteiger partial charge in [-0.25, -0.2) is 9.48 Å². The molecular weight excluding hydrogens is 401 g/mol. The number of aliphatic carboxylic acids is 1.